The number of hydrogen-bond donors (Lipinski definition) is 0. The number of nitrogens with zero attached hydrogens (tertiary/aromatic N) is 2. The zero-order valence-corrected chi connectivity index (χ0v) is 23.7. The molecule has 191 valence electrons. The third-order valence-corrected chi connectivity index (χ3v) is 6.36. The van der Waals surface area contributed by atoms with Crippen LogP contribution in [0.2, 0.25) is 0 Å². The predicted octanol–water partition coefficient (Wildman–Crippen LogP) is 8.97. The monoisotopic (exact) mass is 681 g/mol. The first-order valence-corrected chi connectivity index (χ1v) is 12.5. The normalized spacial score (nSPS) is 10.5. The predicted molar refractivity (Wildman–Crippen MR) is 154 cm³/mol. The standard InChI is InChI=1S/C23H14NO.C12H10N.Ir/c1-2-13-22-19(9-1)20-11-6-10-18(23(20)25-22)16-7-5-8-17(15-16)21-12-3-4-14-24-21;1-10-5-4-6-11(9-10)12-7-2-3-8-13-12;/h1-7,9-15H;2-5,7-9H,1H3;/q2*-1;. The summed E-state index contributed by atoms with van der Waals surface area (Å²) in [5.41, 5.74) is 9.18. The number of aryl methyl sites for hydroxylation is 1. The van der Waals surface area contributed by atoms with E-state index in [1.165, 1.54) is 5.56 Å². The van der Waals surface area contributed by atoms with Crippen molar-refractivity contribution in [2.24, 2.45) is 0 Å². The van der Waals surface area contributed by atoms with Crippen LogP contribution in [0.25, 0.3) is 55.6 Å². The van der Waals surface area contributed by atoms with Gasteiger partial charge >= 0.3 is 0 Å². The van der Waals surface area contributed by atoms with E-state index in [2.05, 4.69) is 71.5 Å². The molecule has 0 aliphatic heterocycles. The van der Waals surface area contributed by atoms with Crippen LogP contribution in [0, 0.1) is 19.1 Å². The van der Waals surface area contributed by atoms with Gasteiger partial charge in [-0.3, -0.25) is 0 Å². The molecule has 0 N–H and O–H groups in total. The summed E-state index contributed by atoms with van der Waals surface area (Å²) >= 11 is 0. The fraction of sp³-hybridized carbons (Fsp3) is 0.0286. The zero-order valence-electron chi connectivity index (χ0n) is 21.3. The van der Waals surface area contributed by atoms with E-state index in [4.69, 9.17) is 4.42 Å². The van der Waals surface area contributed by atoms with Crippen LogP contribution < -0.4 is 0 Å². The largest absolute Gasteiger partial charge is 0.455 e. The van der Waals surface area contributed by atoms with Crippen LogP contribution in [0.1, 0.15) is 5.56 Å². The number of rotatable bonds is 3. The second kappa shape index (κ2) is 12.0. The van der Waals surface area contributed by atoms with Crippen LogP contribution in [0.15, 0.2) is 132 Å². The molecule has 0 aliphatic carbocycles. The van der Waals surface area contributed by atoms with Crippen LogP contribution in [0.3, 0.4) is 0 Å². The van der Waals surface area contributed by atoms with E-state index in [-0.39, 0.29) is 20.1 Å². The molecule has 3 nitrogen and oxygen atoms in total. The molecule has 0 unspecified atom stereocenters. The minimum Gasteiger partial charge on any atom is -0.455 e. The summed E-state index contributed by atoms with van der Waals surface area (Å²) in [4.78, 5) is 8.69. The molecule has 3 heterocycles. The molecule has 0 saturated carbocycles. The first-order valence-electron chi connectivity index (χ1n) is 12.5. The maximum Gasteiger partial charge on any atom is 0.141 e. The Kier molecular flexibility index (Phi) is 8.07. The number of para-hydroxylation sites is 2. The van der Waals surface area contributed by atoms with E-state index >= 15 is 0 Å². The molecule has 0 aliphatic rings. The van der Waals surface area contributed by atoms with E-state index in [9.17, 15) is 0 Å². The van der Waals surface area contributed by atoms with Crippen LogP contribution in [-0.2, 0) is 20.1 Å². The fourth-order valence-corrected chi connectivity index (χ4v) is 4.53. The Morgan fingerprint density at radius 1 is 0.615 bits per heavy atom. The van der Waals surface area contributed by atoms with Crippen molar-refractivity contribution >= 4 is 21.9 Å². The van der Waals surface area contributed by atoms with Gasteiger partial charge in [-0.05, 0) is 29.6 Å². The average Bonchev–Trinajstić information content (AvgIpc) is 3.38. The SMILES string of the molecule is Cc1cc[c-]c(-c2ccccn2)c1.[Ir].[c-]1ccc(-c2cccc3c2oc2ccccc23)cc1-c1ccccn1. The first kappa shape index (κ1) is 26.2. The molecular formula is C35H24IrN2O-2. The van der Waals surface area contributed by atoms with Gasteiger partial charge < -0.3 is 14.4 Å². The number of furan rings is 1. The van der Waals surface area contributed by atoms with E-state index < -0.39 is 0 Å². The van der Waals surface area contributed by atoms with E-state index in [1.807, 2.05) is 72.8 Å². The van der Waals surface area contributed by atoms with E-state index in [1.54, 1.807) is 12.4 Å². The van der Waals surface area contributed by atoms with Crippen molar-refractivity contribution in [3.63, 3.8) is 0 Å². The van der Waals surface area contributed by atoms with Gasteiger partial charge in [0.2, 0.25) is 0 Å². The van der Waals surface area contributed by atoms with E-state index in [0.717, 1.165) is 55.6 Å². The minimum absolute atomic E-state index is 0. The Bertz CT molecular complexity index is 1830. The quantitative estimate of drug-likeness (QED) is 0.175. The molecule has 7 rings (SSSR count). The Morgan fingerprint density at radius 2 is 1.26 bits per heavy atom. The van der Waals surface area contributed by atoms with Crippen molar-refractivity contribution in [1.82, 2.24) is 9.97 Å². The molecule has 4 heteroatoms. The Balaban J connectivity index is 0.000000187. The Morgan fingerprint density at radius 3 is 1.95 bits per heavy atom. The molecule has 7 aromatic rings. The summed E-state index contributed by atoms with van der Waals surface area (Å²) in [5.74, 6) is 0. The van der Waals surface area contributed by atoms with Crippen molar-refractivity contribution in [2.45, 2.75) is 6.92 Å². The number of hydrogen-bond acceptors (Lipinski definition) is 3. The number of fused-ring (bicyclic) bond motifs is 3. The van der Waals surface area contributed by atoms with Gasteiger partial charge in [-0.25, -0.2) is 0 Å². The third-order valence-electron chi connectivity index (χ3n) is 6.36. The number of benzene rings is 4. The van der Waals surface area contributed by atoms with Gasteiger partial charge in [0.1, 0.15) is 11.2 Å². The molecular weight excluding hydrogens is 657 g/mol. The van der Waals surface area contributed by atoms with Gasteiger partial charge in [-0.2, -0.15) is 0 Å². The summed E-state index contributed by atoms with van der Waals surface area (Å²) in [5, 5.41) is 2.28. The molecule has 0 amide bonds. The molecule has 39 heavy (non-hydrogen) atoms. The summed E-state index contributed by atoms with van der Waals surface area (Å²) < 4.78 is 6.16. The summed E-state index contributed by atoms with van der Waals surface area (Å²) in [6.07, 6.45) is 3.60. The van der Waals surface area contributed by atoms with Crippen molar-refractivity contribution in [3.05, 3.63) is 145 Å². The zero-order chi connectivity index (χ0) is 25.7. The van der Waals surface area contributed by atoms with Crippen LogP contribution in [0.5, 0.6) is 0 Å². The number of aromatic nitrogens is 2. The van der Waals surface area contributed by atoms with Crippen molar-refractivity contribution in [1.29, 1.82) is 0 Å². The maximum absolute atomic E-state index is 6.16. The third kappa shape index (κ3) is 5.73. The van der Waals surface area contributed by atoms with Crippen LogP contribution in [-0.4, -0.2) is 9.97 Å². The van der Waals surface area contributed by atoms with Gasteiger partial charge in [0.15, 0.2) is 0 Å². The average molecular weight is 681 g/mol. The summed E-state index contributed by atoms with van der Waals surface area (Å²) in [6.45, 7) is 2.07. The molecule has 3 aromatic heterocycles. The Labute approximate surface area is 241 Å². The van der Waals surface area contributed by atoms with Crippen molar-refractivity contribution in [3.8, 4) is 33.6 Å². The van der Waals surface area contributed by atoms with Gasteiger partial charge in [0.25, 0.3) is 0 Å². The van der Waals surface area contributed by atoms with Crippen molar-refractivity contribution in [2.75, 3.05) is 0 Å². The van der Waals surface area contributed by atoms with Crippen molar-refractivity contribution < 1.29 is 24.5 Å². The topological polar surface area (TPSA) is 38.9 Å². The molecule has 1 radical (unpaired) electrons. The van der Waals surface area contributed by atoms with Crippen LogP contribution in [0.4, 0.5) is 0 Å². The minimum atomic E-state index is 0. The van der Waals surface area contributed by atoms with Gasteiger partial charge in [-0.1, -0.05) is 73.2 Å². The summed E-state index contributed by atoms with van der Waals surface area (Å²) in [6, 6.07) is 44.9. The molecule has 0 bridgehead atoms. The van der Waals surface area contributed by atoms with Gasteiger partial charge in [0.05, 0.1) is 0 Å². The second-order valence-corrected chi connectivity index (χ2v) is 8.98. The fourth-order valence-electron chi connectivity index (χ4n) is 4.53. The Hall–Kier alpha value is -4.37. The molecule has 0 saturated heterocycles. The molecule has 0 spiro atoms. The maximum atomic E-state index is 6.16. The van der Waals surface area contributed by atoms with Gasteiger partial charge in [0, 0.05) is 48.8 Å². The second-order valence-electron chi connectivity index (χ2n) is 8.98. The molecule has 0 fully saturated rings. The summed E-state index contributed by atoms with van der Waals surface area (Å²) in [7, 11) is 0. The van der Waals surface area contributed by atoms with Gasteiger partial charge in [-0.15, -0.1) is 65.2 Å². The smallest absolute Gasteiger partial charge is 0.141 e. The molecule has 0 atom stereocenters. The first-order chi connectivity index (χ1) is 18.8. The van der Waals surface area contributed by atoms with E-state index in [0.29, 0.717) is 0 Å². The number of pyridine rings is 2. The van der Waals surface area contributed by atoms with Crippen LogP contribution >= 0.6 is 0 Å². The molecule has 4 aromatic carbocycles.